The second-order valence-electron chi connectivity index (χ2n) is 6.04. The van der Waals surface area contributed by atoms with Crippen LogP contribution in [-0.4, -0.2) is 35.5 Å². The molecule has 0 aliphatic carbocycles. The van der Waals surface area contributed by atoms with Gasteiger partial charge in [0.05, 0.1) is 18.6 Å². The molecule has 1 saturated heterocycles. The van der Waals surface area contributed by atoms with Crippen LogP contribution in [-0.2, 0) is 9.53 Å². The lowest BCUT2D eigenvalue weighted by Crippen LogP contribution is -2.40. The van der Waals surface area contributed by atoms with Gasteiger partial charge in [-0.15, -0.1) is 0 Å². The van der Waals surface area contributed by atoms with Crippen molar-refractivity contribution in [2.45, 2.75) is 19.4 Å². The quantitative estimate of drug-likeness (QED) is 0.834. The molecule has 1 aliphatic rings. The van der Waals surface area contributed by atoms with Crippen LogP contribution in [0.25, 0.3) is 0 Å². The summed E-state index contributed by atoms with van der Waals surface area (Å²) in [6.07, 6.45) is 3.88. The van der Waals surface area contributed by atoms with E-state index in [9.17, 15) is 13.6 Å². The molecule has 0 N–H and O–H groups in total. The lowest BCUT2D eigenvalue weighted by molar-refractivity contribution is -0.137. The first-order chi connectivity index (χ1) is 12.1. The number of nitrogens with zero attached hydrogens (tertiary/aromatic N) is 2. The average molecular weight is 346 g/mol. The highest BCUT2D eigenvalue weighted by Crippen LogP contribution is 2.32. The molecule has 0 bridgehead atoms. The van der Waals surface area contributed by atoms with Crippen molar-refractivity contribution in [2.75, 3.05) is 19.8 Å². The van der Waals surface area contributed by atoms with Crippen molar-refractivity contribution in [3.8, 4) is 0 Å². The smallest absolute Gasteiger partial charge is 0.228 e. The predicted octanol–water partition coefficient (Wildman–Crippen LogP) is 3.33. The molecule has 0 saturated carbocycles. The first-order valence-electron chi connectivity index (χ1n) is 8.35. The highest BCUT2D eigenvalue weighted by atomic mass is 19.1. The molecule has 2 unspecified atom stereocenters. The zero-order valence-electron chi connectivity index (χ0n) is 14.0. The van der Waals surface area contributed by atoms with Gasteiger partial charge in [0.15, 0.2) is 0 Å². The van der Waals surface area contributed by atoms with Crippen LogP contribution in [0, 0.1) is 17.6 Å². The van der Waals surface area contributed by atoms with Crippen LogP contribution in [0.2, 0.25) is 0 Å². The summed E-state index contributed by atoms with van der Waals surface area (Å²) < 4.78 is 33.2. The van der Waals surface area contributed by atoms with E-state index in [1.165, 1.54) is 12.1 Å². The second kappa shape index (κ2) is 7.70. The molecular weight excluding hydrogens is 326 g/mol. The Morgan fingerprint density at radius 3 is 2.84 bits per heavy atom. The van der Waals surface area contributed by atoms with Gasteiger partial charge in [0.1, 0.15) is 11.6 Å². The summed E-state index contributed by atoms with van der Waals surface area (Å²) >= 11 is 0. The molecule has 132 valence electrons. The molecule has 1 aromatic carbocycles. The molecule has 0 spiro atoms. The summed E-state index contributed by atoms with van der Waals surface area (Å²) in [5.41, 5.74) is 0.936. The van der Waals surface area contributed by atoms with Gasteiger partial charge >= 0.3 is 0 Å². The maximum Gasteiger partial charge on any atom is 0.228 e. The minimum atomic E-state index is -0.678. The molecule has 2 atom stereocenters. The minimum Gasteiger partial charge on any atom is -0.381 e. The summed E-state index contributed by atoms with van der Waals surface area (Å²) in [6.45, 7) is 3.17. The number of amides is 1. The van der Waals surface area contributed by atoms with Gasteiger partial charge in [-0.05, 0) is 31.0 Å². The molecule has 2 heterocycles. The first kappa shape index (κ1) is 17.5. The van der Waals surface area contributed by atoms with Crippen molar-refractivity contribution in [3.05, 3.63) is 65.5 Å². The van der Waals surface area contributed by atoms with Crippen LogP contribution < -0.4 is 0 Å². The zero-order valence-corrected chi connectivity index (χ0v) is 14.0. The Bertz CT molecular complexity index is 733. The fourth-order valence-electron chi connectivity index (χ4n) is 3.22. The average Bonchev–Trinajstić information content (AvgIpc) is 3.15. The number of halogens is 2. The molecule has 25 heavy (non-hydrogen) atoms. The number of carbonyl (C=O) groups excluding carboxylic acids is 1. The predicted molar refractivity (Wildman–Crippen MR) is 88.8 cm³/mol. The van der Waals surface area contributed by atoms with E-state index in [1.807, 2.05) is 6.92 Å². The number of rotatable bonds is 5. The Morgan fingerprint density at radius 2 is 2.24 bits per heavy atom. The van der Waals surface area contributed by atoms with Crippen LogP contribution in [0.15, 0.2) is 42.7 Å². The topological polar surface area (TPSA) is 42.4 Å². The van der Waals surface area contributed by atoms with Crippen LogP contribution in [0.1, 0.15) is 30.5 Å². The second-order valence-corrected chi connectivity index (χ2v) is 6.04. The Hall–Kier alpha value is -2.34. The van der Waals surface area contributed by atoms with Gasteiger partial charge in [-0.25, -0.2) is 8.78 Å². The number of hydrogen-bond donors (Lipinski definition) is 0. The molecule has 1 aromatic heterocycles. The summed E-state index contributed by atoms with van der Waals surface area (Å²) in [5, 5.41) is 0. The molecule has 4 nitrogen and oxygen atoms in total. The number of aromatic nitrogens is 1. The maximum atomic E-state index is 14.5. The highest BCUT2D eigenvalue weighted by molar-refractivity contribution is 5.80. The summed E-state index contributed by atoms with van der Waals surface area (Å²) in [6, 6.07) is 6.31. The largest absolute Gasteiger partial charge is 0.381 e. The molecule has 3 rings (SSSR count). The SMILES string of the molecule is CCN(C(=O)C1CCOC1)C(c1cccnc1)c1ccc(F)cc1F. The van der Waals surface area contributed by atoms with Crippen molar-refractivity contribution in [1.82, 2.24) is 9.88 Å². The molecule has 1 amide bonds. The van der Waals surface area contributed by atoms with Gasteiger partial charge < -0.3 is 9.64 Å². The molecule has 1 aliphatic heterocycles. The highest BCUT2D eigenvalue weighted by Gasteiger charge is 2.34. The van der Waals surface area contributed by atoms with E-state index >= 15 is 0 Å². The zero-order chi connectivity index (χ0) is 17.8. The number of ether oxygens (including phenoxy) is 1. The van der Waals surface area contributed by atoms with E-state index < -0.39 is 17.7 Å². The fraction of sp³-hybridized carbons (Fsp3) is 0.368. The Labute approximate surface area is 145 Å². The Morgan fingerprint density at radius 1 is 1.40 bits per heavy atom. The summed E-state index contributed by atoms with van der Waals surface area (Å²) in [5.74, 6) is -1.65. The molecule has 0 radical (unpaired) electrons. The molecule has 1 fully saturated rings. The lowest BCUT2D eigenvalue weighted by atomic mass is 9.95. The third-order valence-electron chi connectivity index (χ3n) is 4.47. The van der Waals surface area contributed by atoms with Crippen molar-refractivity contribution in [1.29, 1.82) is 0 Å². The molecule has 2 aromatic rings. The fourth-order valence-corrected chi connectivity index (χ4v) is 3.22. The first-order valence-corrected chi connectivity index (χ1v) is 8.35. The van der Waals surface area contributed by atoms with Crippen LogP contribution in [0.4, 0.5) is 8.78 Å². The van der Waals surface area contributed by atoms with Crippen molar-refractivity contribution in [3.63, 3.8) is 0 Å². The number of carbonyl (C=O) groups is 1. The van der Waals surface area contributed by atoms with Crippen LogP contribution in [0.5, 0.6) is 0 Å². The lowest BCUT2D eigenvalue weighted by Gasteiger charge is -2.33. The van der Waals surface area contributed by atoms with Gasteiger partial charge in [0, 0.05) is 37.2 Å². The maximum absolute atomic E-state index is 14.5. The number of hydrogen-bond acceptors (Lipinski definition) is 3. The minimum absolute atomic E-state index is 0.0856. The van der Waals surface area contributed by atoms with Crippen molar-refractivity contribution in [2.24, 2.45) is 5.92 Å². The summed E-state index contributed by atoms with van der Waals surface area (Å²) in [7, 11) is 0. The summed E-state index contributed by atoms with van der Waals surface area (Å²) in [4.78, 5) is 18.7. The normalized spacial score (nSPS) is 18.1. The number of pyridine rings is 1. The third kappa shape index (κ3) is 3.69. The van der Waals surface area contributed by atoms with E-state index in [4.69, 9.17) is 4.74 Å². The number of benzene rings is 1. The van der Waals surface area contributed by atoms with Crippen molar-refractivity contribution < 1.29 is 18.3 Å². The Kier molecular flexibility index (Phi) is 5.38. The van der Waals surface area contributed by atoms with E-state index in [2.05, 4.69) is 4.98 Å². The van der Waals surface area contributed by atoms with E-state index in [1.54, 1.807) is 29.4 Å². The van der Waals surface area contributed by atoms with Crippen LogP contribution in [0.3, 0.4) is 0 Å². The van der Waals surface area contributed by atoms with Gasteiger partial charge in [-0.3, -0.25) is 9.78 Å². The Balaban J connectivity index is 2.04. The monoisotopic (exact) mass is 346 g/mol. The van der Waals surface area contributed by atoms with Crippen LogP contribution >= 0.6 is 0 Å². The van der Waals surface area contributed by atoms with Gasteiger partial charge in [0.25, 0.3) is 0 Å². The van der Waals surface area contributed by atoms with Crippen molar-refractivity contribution >= 4 is 5.91 Å². The third-order valence-corrected chi connectivity index (χ3v) is 4.47. The standard InChI is InChI=1S/C19H20F2N2O2/c1-2-23(19(24)14-7-9-25-12-14)18(13-4-3-8-22-11-13)16-6-5-15(20)10-17(16)21/h3-6,8,10-11,14,18H,2,7,9,12H2,1H3. The van der Waals surface area contributed by atoms with Gasteiger partial charge in [-0.2, -0.15) is 0 Å². The van der Waals surface area contributed by atoms with Gasteiger partial charge in [0.2, 0.25) is 5.91 Å². The van der Waals surface area contributed by atoms with E-state index in [-0.39, 0.29) is 17.4 Å². The van der Waals surface area contributed by atoms with Gasteiger partial charge in [-0.1, -0.05) is 12.1 Å². The van der Waals surface area contributed by atoms with E-state index in [0.29, 0.717) is 31.7 Å². The molecule has 6 heteroatoms. The van der Waals surface area contributed by atoms with E-state index in [0.717, 1.165) is 6.07 Å². The molecular formula is C19H20F2N2O2.